The molecule has 0 bridgehead atoms. The summed E-state index contributed by atoms with van der Waals surface area (Å²) in [5.41, 5.74) is 10.5. The second kappa shape index (κ2) is 5.06. The van der Waals surface area contributed by atoms with Gasteiger partial charge >= 0.3 is 0 Å². The van der Waals surface area contributed by atoms with Crippen molar-refractivity contribution in [2.45, 2.75) is 24.8 Å². The lowest BCUT2D eigenvalue weighted by atomic mass is 9.77. The van der Waals surface area contributed by atoms with E-state index < -0.39 is 0 Å². The van der Waals surface area contributed by atoms with Crippen LogP contribution in [0.2, 0.25) is 0 Å². The van der Waals surface area contributed by atoms with Crippen molar-refractivity contribution in [3.63, 3.8) is 0 Å². The normalized spacial score (nSPS) is 21.8. The molecule has 0 amide bonds. The second-order valence-corrected chi connectivity index (χ2v) is 5.14. The van der Waals surface area contributed by atoms with Gasteiger partial charge in [-0.2, -0.15) is 0 Å². The fraction of sp³-hybridized carbons (Fsp3) is 0.294. The van der Waals surface area contributed by atoms with Crippen LogP contribution in [0, 0.1) is 0 Å². The molecule has 1 aliphatic carbocycles. The predicted octanol–water partition coefficient (Wildman–Crippen LogP) is 3.43. The van der Waals surface area contributed by atoms with E-state index in [0.29, 0.717) is 5.92 Å². The maximum absolute atomic E-state index is 6.46. The quantitative estimate of drug-likeness (QED) is 0.890. The smallest absolute Gasteiger partial charge is 0.118 e. The largest absolute Gasteiger partial charge is 0.497 e. The SMILES string of the molecule is COc1ccc([C@@H]2CCc3ccccc3C2N)cc1. The van der Waals surface area contributed by atoms with Gasteiger partial charge in [-0.05, 0) is 41.7 Å². The van der Waals surface area contributed by atoms with Crippen molar-refractivity contribution in [2.24, 2.45) is 5.73 Å². The highest BCUT2D eigenvalue weighted by Crippen LogP contribution is 2.39. The summed E-state index contributed by atoms with van der Waals surface area (Å²) in [6, 6.07) is 16.9. The molecule has 0 radical (unpaired) electrons. The number of hydrogen-bond acceptors (Lipinski definition) is 2. The molecule has 0 saturated carbocycles. The van der Waals surface area contributed by atoms with Gasteiger partial charge in [0.25, 0.3) is 0 Å². The third-order valence-corrected chi connectivity index (χ3v) is 4.12. The molecule has 0 heterocycles. The molecular weight excluding hydrogens is 234 g/mol. The maximum Gasteiger partial charge on any atom is 0.118 e. The van der Waals surface area contributed by atoms with Crippen LogP contribution in [-0.4, -0.2) is 7.11 Å². The summed E-state index contributed by atoms with van der Waals surface area (Å²) in [6.07, 6.45) is 2.23. The average Bonchev–Trinajstić information content (AvgIpc) is 2.48. The van der Waals surface area contributed by atoms with Crippen LogP contribution in [0.25, 0.3) is 0 Å². The summed E-state index contributed by atoms with van der Waals surface area (Å²) in [4.78, 5) is 0. The summed E-state index contributed by atoms with van der Waals surface area (Å²) in [5.74, 6) is 1.30. The summed E-state index contributed by atoms with van der Waals surface area (Å²) < 4.78 is 5.21. The highest BCUT2D eigenvalue weighted by atomic mass is 16.5. The molecule has 2 N–H and O–H groups in total. The number of fused-ring (bicyclic) bond motifs is 1. The van der Waals surface area contributed by atoms with E-state index >= 15 is 0 Å². The molecule has 98 valence electrons. The third kappa shape index (κ3) is 2.24. The predicted molar refractivity (Wildman–Crippen MR) is 77.4 cm³/mol. The van der Waals surface area contributed by atoms with Crippen LogP contribution < -0.4 is 10.5 Å². The van der Waals surface area contributed by atoms with E-state index in [1.807, 2.05) is 12.1 Å². The van der Waals surface area contributed by atoms with Crippen LogP contribution in [-0.2, 0) is 6.42 Å². The Labute approximate surface area is 114 Å². The van der Waals surface area contributed by atoms with E-state index in [9.17, 15) is 0 Å². The third-order valence-electron chi connectivity index (χ3n) is 4.12. The van der Waals surface area contributed by atoms with Crippen molar-refractivity contribution in [3.8, 4) is 5.75 Å². The summed E-state index contributed by atoms with van der Waals surface area (Å²) in [5, 5.41) is 0. The first kappa shape index (κ1) is 12.2. The van der Waals surface area contributed by atoms with Gasteiger partial charge in [0, 0.05) is 12.0 Å². The molecule has 0 saturated heterocycles. The Balaban J connectivity index is 1.90. The van der Waals surface area contributed by atoms with Crippen LogP contribution in [0.1, 0.15) is 35.1 Å². The first-order valence-corrected chi connectivity index (χ1v) is 6.77. The summed E-state index contributed by atoms with van der Waals surface area (Å²) in [6.45, 7) is 0. The minimum atomic E-state index is 0.0957. The van der Waals surface area contributed by atoms with Crippen LogP contribution in [0.4, 0.5) is 0 Å². The van der Waals surface area contributed by atoms with Crippen LogP contribution in [0.5, 0.6) is 5.75 Å². The minimum Gasteiger partial charge on any atom is -0.497 e. The molecule has 0 aromatic heterocycles. The molecule has 2 aromatic carbocycles. The van der Waals surface area contributed by atoms with Gasteiger partial charge in [0.05, 0.1) is 7.11 Å². The molecule has 0 fully saturated rings. The number of nitrogens with two attached hydrogens (primary N) is 1. The number of ether oxygens (including phenoxy) is 1. The van der Waals surface area contributed by atoms with E-state index in [1.54, 1.807) is 7.11 Å². The molecule has 1 aliphatic rings. The molecule has 2 nitrogen and oxygen atoms in total. The van der Waals surface area contributed by atoms with Crippen LogP contribution in [0.15, 0.2) is 48.5 Å². The Kier molecular flexibility index (Phi) is 3.26. The Hall–Kier alpha value is -1.80. The number of hydrogen-bond donors (Lipinski definition) is 1. The fourth-order valence-electron chi connectivity index (χ4n) is 3.02. The maximum atomic E-state index is 6.46. The summed E-state index contributed by atoms with van der Waals surface area (Å²) >= 11 is 0. The van der Waals surface area contributed by atoms with E-state index in [-0.39, 0.29) is 6.04 Å². The van der Waals surface area contributed by atoms with Crippen LogP contribution in [0.3, 0.4) is 0 Å². The van der Waals surface area contributed by atoms with Crippen molar-refractivity contribution >= 4 is 0 Å². The Bertz CT molecular complexity index is 562. The second-order valence-electron chi connectivity index (χ2n) is 5.14. The zero-order valence-corrected chi connectivity index (χ0v) is 11.2. The van der Waals surface area contributed by atoms with Crippen molar-refractivity contribution in [2.75, 3.05) is 7.11 Å². The van der Waals surface area contributed by atoms with Crippen molar-refractivity contribution in [1.29, 1.82) is 0 Å². The number of aryl methyl sites for hydroxylation is 1. The monoisotopic (exact) mass is 253 g/mol. The van der Waals surface area contributed by atoms with Crippen LogP contribution >= 0.6 is 0 Å². The Morgan fingerprint density at radius 3 is 2.53 bits per heavy atom. The topological polar surface area (TPSA) is 35.2 Å². The van der Waals surface area contributed by atoms with E-state index in [1.165, 1.54) is 16.7 Å². The van der Waals surface area contributed by atoms with Gasteiger partial charge in [0.2, 0.25) is 0 Å². The number of benzene rings is 2. The molecule has 2 heteroatoms. The fourth-order valence-corrected chi connectivity index (χ4v) is 3.02. The van der Waals surface area contributed by atoms with Gasteiger partial charge in [-0.1, -0.05) is 36.4 Å². The molecule has 19 heavy (non-hydrogen) atoms. The summed E-state index contributed by atoms with van der Waals surface area (Å²) in [7, 11) is 1.69. The highest BCUT2D eigenvalue weighted by molar-refractivity contribution is 5.38. The van der Waals surface area contributed by atoms with Gasteiger partial charge < -0.3 is 10.5 Å². The Morgan fingerprint density at radius 1 is 1.05 bits per heavy atom. The van der Waals surface area contributed by atoms with Crippen molar-refractivity contribution in [3.05, 3.63) is 65.2 Å². The number of methoxy groups -OCH3 is 1. The van der Waals surface area contributed by atoms with E-state index in [4.69, 9.17) is 10.5 Å². The number of rotatable bonds is 2. The molecule has 3 rings (SSSR count). The lowest BCUT2D eigenvalue weighted by Gasteiger charge is -2.31. The lowest BCUT2D eigenvalue weighted by Crippen LogP contribution is -2.25. The zero-order valence-electron chi connectivity index (χ0n) is 11.2. The molecule has 2 aromatic rings. The average molecular weight is 253 g/mol. The zero-order chi connectivity index (χ0) is 13.2. The Morgan fingerprint density at radius 2 is 1.79 bits per heavy atom. The van der Waals surface area contributed by atoms with Gasteiger partial charge in [0.1, 0.15) is 5.75 Å². The first-order valence-electron chi connectivity index (χ1n) is 6.77. The highest BCUT2D eigenvalue weighted by Gasteiger charge is 2.27. The van der Waals surface area contributed by atoms with Gasteiger partial charge in [-0.25, -0.2) is 0 Å². The standard InChI is InChI=1S/C17H19NO/c1-19-14-9-6-13(7-10-14)16-11-8-12-4-2-3-5-15(12)17(16)18/h2-7,9-10,16-17H,8,11,18H2,1H3/t16-,17?/m0/s1. The lowest BCUT2D eigenvalue weighted by molar-refractivity contribution is 0.414. The van der Waals surface area contributed by atoms with E-state index in [0.717, 1.165) is 18.6 Å². The van der Waals surface area contributed by atoms with Crippen molar-refractivity contribution in [1.82, 2.24) is 0 Å². The molecular formula is C17H19NO. The van der Waals surface area contributed by atoms with Gasteiger partial charge in [-0.15, -0.1) is 0 Å². The van der Waals surface area contributed by atoms with E-state index in [2.05, 4.69) is 36.4 Å². The molecule has 2 atom stereocenters. The molecule has 1 unspecified atom stereocenters. The minimum absolute atomic E-state index is 0.0957. The van der Waals surface area contributed by atoms with Crippen molar-refractivity contribution < 1.29 is 4.74 Å². The molecule has 0 aliphatic heterocycles. The van der Waals surface area contributed by atoms with Gasteiger partial charge in [-0.3, -0.25) is 0 Å². The first-order chi connectivity index (χ1) is 9.29. The van der Waals surface area contributed by atoms with Gasteiger partial charge in [0.15, 0.2) is 0 Å². The molecule has 0 spiro atoms.